The first-order valence-corrected chi connectivity index (χ1v) is 9.52. The highest BCUT2D eigenvalue weighted by molar-refractivity contribution is 14.1. The molecule has 0 spiro atoms. The average molecular weight is 501 g/mol. The van der Waals surface area contributed by atoms with Crippen LogP contribution in [0.3, 0.4) is 0 Å². The molecule has 0 N–H and O–H groups in total. The lowest BCUT2D eigenvalue weighted by Gasteiger charge is -2.18. The number of methoxy groups -OCH3 is 2. The first kappa shape index (κ1) is 21.1. The number of carbonyl (C=O) groups is 3. The molecule has 2 rings (SSSR count). The summed E-state index contributed by atoms with van der Waals surface area (Å²) in [4.78, 5) is 37.5. The number of carbonyl (C=O) groups excluding carboxylic acids is 3. The van der Waals surface area contributed by atoms with Crippen molar-refractivity contribution >= 4 is 57.5 Å². The Morgan fingerprint density at radius 2 is 2.11 bits per heavy atom. The third kappa shape index (κ3) is 4.56. The molecule has 142 valence electrons. The van der Waals surface area contributed by atoms with Gasteiger partial charge in [0.25, 0.3) is 11.1 Å². The van der Waals surface area contributed by atoms with Gasteiger partial charge in [-0.2, -0.15) is 0 Å². The summed E-state index contributed by atoms with van der Waals surface area (Å²) in [5.41, 5.74) is 0.639. The summed E-state index contributed by atoms with van der Waals surface area (Å²) < 4.78 is 16.1. The van der Waals surface area contributed by atoms with Crippen molar-refractivity contribution in [3.8, 4) is 23.8 Å². The van der Waals surface area contributed by atoms with Gasteiger partial charge in [0.2, 0.25) is 0 Å². The van der Waals surface area contributed by atoms with Gasteiger partial charge in [-0.05, 0) is 65.0 Å². The van der Waals surface area contributed by atoms with Gasteiger partial charge in [-0.15, -0.1) is 6.42 Å². The van der Waals surface area contributed by atoms with E-state index in [2.05, 4.69) is 33.2 Å². The predicted octanol–water partition coefficient (Wildman–Crippen LogP) is 2.91. The molecule has 0 bridgehead atoms. The number of benzene rings is 1. The Kier molecular flexibility index (Phi) is 7.15. The summed E-state index contributed by atoms with van der Waals surface area (Å²) in [6, 6.07) is 2.45. The maximum absolute atomic E-state index is 12.6. The molecule has 1 fully saturated rings. The van der Waals surface area contributed by atoms with Gasteiger partial charge in [-0.3, -0.25) is 14.5 Å². The third-order valence-electron chi connectivity index (χ3n) is 3.60. The summed E-state index contributed by atoms with van der Waals surface area (Å²) in [5, 5.41) is -0.528. The van der Waals surface area contributed by atoms with E-state index in [1.54, 1.807) is 18.2 Å². The van der Waals surface area contributed by atoms with Crippen molar-refractivity contribution in [1.29, 1.82) is 0 Å². The third-order valence-corrected chi connectivity index (χ3v) is 5.29. The number of amides is 2. The van der Waals surface area contributed by atoms with Crippen LogP contribution in [-0.4, -0.2) is 48.9 Å². The van der Waals surface area contributed by atoms with Gasteiger partial charge in [0.15, 0.2) is 11.5 Å². The van der Waals surface area contributed by atoms with Crippen LogP contribution in [0.2, 0.25) is 0 Å². The smallest absolute Gasteiger partial charge is 0.328 e. The van der Waals surface area contributed by atoms with E-state index < -0.39 is 23.2 Å². The topological polar surface area (TPSA) is 82.1 Å². The molecule has 2 amide bonds. The molecule has 1 aromatic rings. The van der Waals surface area contributed by atoms with E-state index in [-0.39, 0.29) is 11.5 Å². The first-order valence-electron chi connectivity index (χ1n) is 7.62. The van der Waals surface area contributed by atoms with E-state index >= 15 is 0 Å². The highest BCUT2D eigenvalue weighted by Crippen LogP contribution is 2.37. The van der Waals surface area contributed by atoms with Gasteiger partial charge in [0.05, 0.1) is 22.7 Å². The predicted molar refractivity (Wildman–Crippen MR) is 109 cm³/mol. The van der Waals surface area contributed by atoms with E-state index in [0.29, 0.717) is 17.1 Å². The van der Waals surface area contributed by atoms with E-state index in [1.165, 1.54) is 21.1 Å². The summed E-state index contributed by atoms with van der Waals surface area (Å²) in [6.07, 6.45) is 6.78. The molecular weight excluding hydrogens is 485 g/mol. The first-order chi connectivity index (χ1) is 12.8. The lowest BCUT2D eigenvalue weighted by atomic mass is 10.1. The molecular formula is C18H16INO6S. The maximum Gasteiger partial charge on any atom is 0.328 e. The molecule has 9 heteroatoms. The van der Waals surface area contributed by atoms with Crippen LogP contribution >= 0.6 is 34.4 Å². The number of hydrogen-bond acceptors (Lipinski definition) is 7. The minimum absolute atomic E-state index is 0.0933. The number of thioether (sulfide) groups is 1. The zero-order valence-corrected chi connectivity index (χ0v) is 17.8. The Bertz CT molecular complexity index is 860. The molecule has 0 saturated carbocycles. The quantitative estimate of drug-likeness (QED) is 0.257. The normalized spacial score (nSPS) is 16.3. The van der Waals surface area contributed by atoms with Crippen molar-refractivity contribution in [2.45, 2.75) is 13.0 Å². The standard InChI is InChI=1S/C18H16INO6S/c1-5-6-26-15-12(19)7-11(8-13(15)24-3)9-14-16(21)20(18(23)27-14)10(2)17(22)25-4/h1,7-10H,6H2,2-4H3/b14-9+/t10-/m0/s1. The molecule has 0 unspecified atom stereocenters. The van der Waals surface area contributed by atoms with Gasteiger partial charge >= 0.3 is 5.97 Å². The van der Waals surface area contributed by atoms with Crippen LogP contribution in [0.15, 0.2) is 17.0 Å². The molecule has 1 heterocycles. The lowest BCUT2D eigenvalue weighted by molar-refractivity contribution is -0.148. The van der Waals surface area contributed by atoms with Crippen molar-refractivity contribution in [3.05, 3.63) is 26.2 Å². The van der Waals surface area contributed by atoms with E-state index in [9.17, 15) is 14.4 Å². The highest BCUT2D eigenvalue weighted by Gasteiger charge is 2.41. The van der Waals surface area contributed by atoms with E-state index in [0.717, 1.165) is 20.2 Å². The van der Waals surface area contributed by atoms with Crippen molar-refractivity contribution in [1.82, 2.24) is 4.90 Å². The van der Waals surface area contributed by atoms with Gasteiger partial charge < -0.3 is 14.2 Å². The van der Waals surface area contributed by atoms with E-state index in [4.69, 9.17) is 15.9 Å². The molecule has 1 aliphatic rings. The fraction of sp³-hybridized carbons (Fsp3) is 0.278. The second-order valence-corrected chi connectivity index (χ2v) is 7.43. The Morgan fingerprint density at radius 3 is 2.70 bits per heavy atom. The highest BCUT2D eigenvalue weighted by atomic mass is 127. The molecule has 27 heavy (non-hydrogen) atoms. The Hall–Kier alpha value is -2.19. The minimum atomic E-state index is -0.998. The van der Waals surface area contributed by atoms with Crippen LogP contribution in [0.5, 0.6) is 11.5 Å². The summed E-state index contributed by atoms with van der Waals surface area (Å²) in [5.74, 6) is 2.12. The minimum Gasteiger partial charge on any atom is -0.493 e. The maximum atomic E-state index is 12.6. The number of imide groups is 1. The molecule has 0 aliphatic carbocycles. The Morgan fingerprint density at radius 1 is 1.41 bits per heavy atom. The number of halogens is 1. The molecule has 0 aromatic heterocycles. The summed E-state index contributed by atoms with van der Waals surface area (Å²) in [6.45, 7) is 1.53. The number of nitrogens with zero attached hydrogens (tertiary/aromatic N) is 1. The van der Waals surface area contributed by atoms with Crippen LogP contribution in [0.1, 0.15) is 12.5 Å². The summed E-state index contributed by atoms with van der Waals surface area (Å²) >= 11 is 2.83. The number of terminal acetylenes is 1. The monoisotopic (exact) mass is 501 g/mol. The number of ether oxygens (including phenoxy) is 3. The Labute approximate surface area is 174 Å². The van der Waals surface area contributed by atoms with Crippen LogP contribution in [0.4, 0.5) is 4.79 Å². The molecule has 1 aliphatic heterocycles. The van der Waals surface area contributed by atoms with Gasteiger partial charge in [0.1, 0.15) is 12.6 Å². The molecule has 1 aromatic carbocycles. The average Bonchev–Trinajstić information content (AvgIpc) is 2.92. The molecule has 1 saturated heterocycles. The van der Waals surface area contributed by atoms with Crippen molar-refractivity contribution in [3.63, 3.8) is 0 Å². The Balaban J connectivity index is 2.35. The van der Waals surface area contributed by atoms with Crippen LogP contribution in [0, 0.1) is 15.9 Å². The zero-order valence-electron chi connectivity index (χ0n) is 14.8. The lowest BCUT2D eigenvalue weighted by Crippen LogP contribution is -2.42. The zero-order chi connectivity index (χ0) is 20.1. The SMILES string of the molecule is C#CCOc1c(I)cc(/C=C2/SC(=O)N([C@@H](C)C(=O)OC)C2=O)cc1OC. The fourth-order valence-electron chi connectivity index (χ4n) is 2.32. The fourth-order valence-corrected chi connectivity index (χ4v) is 4.01. The molecule has 1 atom stereocenters. The van der Waals surface area contributed by atoms with Crippen LogP contribution < -0.4 is 9.47 Å². The van der Waals surface area contributed by atoms with E-state index in [1.807, 2.05) is 0 Å². The van der Waals surface area contributed by atoms with Crippen LogP contribution in [0.25, 0.3) is 6.08 Å². The van der Waals surface area contributed by atoms with Gasteiger partial charge in [0, 0.05) is 0 Å². The molecule has 0 radical (unpaired) electrons. The second kappa shape index (κ2) is 9.14. The largest absolute Gasteiger partial charge is 0.493 e. The van der Waals surface area contributed by atoms with Crippen molar-refractivity contribution < 1.29 is 28.6 Å². The number of rotatable bonds is 6. The van der Waals surface area contributed by atoms with Crippen molar-refractivity contribution in [2.75, 3.05) is 20.8 Å². The van der Waals surface area contributed by atoms with Crippen LogP contribution in [-0.2, 0) is 14.3 Å². The number of esters is 1. The second-order valence-electron chi connectivity index (χ2n) is 5.28. The van der Waals surface area contributed by atoms with Gasteiger partial charge in [-0.25, -0.2) is 4.79 Å². The number of hydrogen-bond donors (Lipinski definition) is 0. The van der Waals surface area contributed by atoms with Gasteiger partial charge in [-0.1, -0.05) is 5.92 Å². The van der Waals surface area contributed by atoms with Crippen molar-refractivity contribution in [2.24, 2.45) is 0 Å². The molecule has 7 nitrogen and oxygen atoms in total. The summed E-state index contributed by atoms with van der Waals surface area (Å²) in [7, 11) is 2.69.